The predicted molar refractivity (Wildman–Crippen MR) is 97.9 cm³/mol. The fraction of sp³-hybridized carbons (Fsp3) is 0.444. The van der Waals surface area contributed by atoms with E-state index in [0.29, 0.717) is 18.8 Å². The third-order valence-corrected chi connectivity index (χ3v) is 4.50. The molecule has 7 nitrogen and oxygen atoms in total. The Morgan fingerprint density at radius 2 is 1.80 bits per heavy atom. The lowest BCUT2D eigenvalue weighted by Crippen LogP contribution is -2.49. The third-order valence-electron chi connectivity index (χ3n) is 4.50. The zero-order valence-electron chi connectivity index (χ0n) is 14.8. The molecule has 2 aromatic heterocycles. The fourth-order valence-corrected chi connectivity index (χ4v) is 2.99. The van der Waals surface area contributed by atoms with Gasteiger partial charge in [-0.05, 0) is 38.1 Å². The van der Waals surface area contributed by atoms with Crippen LogP contribution in [-0.2, 0) is 0 Å². The molecule has 1 aliphatic rings. The average Bonchev–Trinajstić information content (AvgIpc) is 2.70. The maximum atomic E-state index is 12.4. The van der Waals surface area contributed by atoms with Crippen LogP contribution in [0.5, 0.6) is 0 Å². The van der Waals surface area contributed by atoms with E-state index in [-0.39, 0.29) is 5.91 Å². The Morgan fingerprint density at radius 3 is 2.36 bits per heavy atom. The minimum absolute atomic E-state index is 0.0109. The van der Waals surface area contributed by atoms with Gasteiger partial charge in [0.1, 0.15) is 5.69 Å². The molecule has 0 saturated carbocycles. The van der Waals surface area contributed by atoms with Crippen molar-refractivity contribution in [3.8, 4) is 0 Å². The number of carbonyl (C=O) groups is 1. The van der Waals surface area contributed by atoms with E-state index >= 15 is 0 Å². The Bertz CT molecular complexity index is 678. The molecule has 25 heavy (non-hydrogen) atoms. The van der Waals surface area contributed by atoms with Crippen molar-refractivity contribution in [2.24, 2.45) is 0 Å². The Balaban J connectivity index is 1.60. The lowest BCUT2D eigenvalue weighted by atomic mass is 10.2. The standard InChI is InChI=1S/C18H24N6O/c1-3-22(4-2)16-8-9-17(21-20-16)23-11-13-24(14-12-23)18(25)15-7-5-6-10-19-15/h5-10H,3-4,11-14H2,1-2H3. The summed E-state index contributed by atoms with van der Waals surface area (Å²) < 4.78 is 0. The summed E-state index contributed by atoms with van der Waals surface area (Å²) in [6, 6.07) is 9.43. The lowest BCUT2D eigenvalue weighted by molar-refractivity contribution is 0.0740. The Labute approximate surface area is 148 Å². The van der Waals surface area contributed by atoms with Crippen LogP contribution >= 0.6 is 0 Å². The van der Waals surface area contributed by atoms with Gasteiger partial charge in [0.15, 0.2) is 11.6 Å². The molecule has 0 atom stereocenters. The molecule has 0 aliphatic carbocycles. The number of aromatic nitrogens is 3. The van der Waals surface area contributed by atoms with Crippen molar-refractivity contribution in [2.75, 3.05) is 49.1 Å². The number of amides is 1. The van der Waals surface area contributed by atoms with Crippen molar-refractivity contribution in [1.29, 1.82) is 0 Å². The SMILES string of the molecule is CCN(CC)c1ccc(N2CCN(C(=O)c3ccccn3)CC2)nn1. The van der Waals surface area contributed by atoms with Gasteiger partial charge < -0.3 is 14.7 Å². The summed E-state index contributed by atoms with van der Waals surface area (Å²) in [5, 5.41) is 8.71. The summed E-state index contributed by atoms with van der Waals surface area (Å²) >= 11 is 0. The summed E-state index contributed by atoms with van der Waals surface area (Å²) in [7, 11) is 0. The van der Waals surface area contributed by atoms with Gasteiger partial charge in [0.25, 0.3) is 5.91 Å². The number of pyridine rings is 1. The molecular formula is C18H24N6O. The van der Waals surface area contributed by atoms with Crippen LogP contribution in [0.2, 0.25) is 0 Å². The number of hydrogen-bond acceptors (Lipinski definition) is 6. The minimum Gasteiger partial charge on any atom is -0.356 e. The molecule has 3 heterocycles. The Kier molecular flexibility index (Phi) is 5.42. The molecule has 132 valence electrons. The average molecular weight is 340 g/mol. The van der Waals surface area contributed by atoms with Gasteiger partial charge in [-0.15, -0.1) is 10.2 Å². The topological polar surface area (TPSA) is 65.5 Å². The Hall–Kier alpha value is -2.70. The molecule has 0 spiro atoms. The maximum absolute atomic E-state index is 12.4. The Morgan fingerprint density at radius 1 is 1.04 bits per heavy atom. The van der Waals surface area contributed by atoms with E-state index in [1.54, 1.807) is 12.3 Å². The van der Waals surface area contributed by atoms with Gasteiger partial charge >= 0.3 is 0 Å². The molecule has 3 rings (SSSR count). The van der Waals surface area contributed by atoms with E-state index in [1.807, 2.05) is 29.2 Å². The van der Waals surface area contributed by atoms with Gasteiger partial charge in [0, 0.05) is 45.5 Å². The highest BCUT2D eigenvalue weighted by molar-refractivity contribution is 5.92. The number of nitrogens with zero attached hydrogens (tertiary/aromatic N) is 6. The lowest BCUT2D eigenvalue weighted by Gasteiger charge is -2.35. The molecule has 0 aromatic carbocycles. The van der Waals surface area contributed by atoms with Gasteiger partial charge in [0.2, 0.25) is 0 Å². The molecule has 1 aliphatic heterocycles. The molecule has 0 radical (unpaired) electrons. The smallest absolute Gasteiger partial charge is 0.272 e. The highest BCUT2D eigenvalue weighted by Gasteiger charge is 2.23. The van der Waals surface area contributed by atoms with Crippen LogP contribution in [0.1, 0.15) is 24.3 Å². The highest BCUT2D eigenvalue weighted by Crippen LogP contribution is 2.17. The molecule has 2 aromatic rings. The molecule has 1 saturated heterocycles. The van der Waals surface area contributed by atoms with Crippen molar-refractivity contribution in [3.05, 3.63) is 42.2 Å². The minimum atomic E-state index is -0.0109. The second kappa shape index (κ2) is 7.92. The van der Waals surface area contributed by atoms with Gasteiger partial charge in [0.05, 0.1) is 0 Å². The number of piperazine rings is 1. The van der Waals surface area contributed by atoms with Gasteiger partial charge in [-0.2, -0.15) is 0 Å². The first kappa shape index (κ1) is 17.1. The van der Waals surface area contributed by atoms with Crippen molar-refractivity contribution >= 4 is 17.5 Å². The van der Waals surface area contributed by atoms with Crippen molar-refractivity contribution in [1.82, 2.24) is 20.1 Å². The molecule has 0 unspecified atom stereocenters. The first-order valence-electron chi connectivity index (χ1n) is 8.76. The molecule has 1 amide bonds. The van der Waals surface area contributed by atoms with Gasteiger partial charge in [-0.25, -0.2) is 0 Å². The van der Waals surface area contributed by atoms with E-state index in [0.717, 1.165) is 37.8 Å². The van der Waals surface area contributed by atoms with Crippen LogP contribution < -0.4 is 9.80 Å². The van der Waals surface area contributed by atoms with E-state index in [2.05, 4.69) is 38.8 Å². The maximum Gasteiger partial charge on any atom is 0.272 e. The largest absolute Gasteiger partial charge is 0.356 e. The van der Waals surface area contributed by atoms with Crippen molar-refractivity contribution < 1.29 is 4.79 Å². The molecule has 0 bridgehead atoms. The number of carbonyl (C=O) groups excluding carboxylic acids is 1. The van der Waals surface area contributed by atoms with E-state index in [1.165, 1.54) is 0 Å². The van der Waals surface area contributed by atoms with Crippen LogP contribution in [0, 0.1) is 0 Å². The zero-order valence-corrected chi connectivity index (χ0v) is 14.8. The van der Waals surface area contributed by atoms with Crippen LogP contribution in [0.25, 0.3) is 0 Å². The van der Waals surface area contributed by atoms with Gasteiger partial charge in [-0.1, -0.05) is 6.07 Å². The first-order valence-corrected chi connectivity index (χ1v) is 8.76. The molecule has 7 heteroatoms. The van der Waals surface area contributed by atoms with E-state index in [4.69, 9.17) is 0 Å². The van der Waals surface area contributed by atoms with Crippen LogP contribution in [-0.4, -0.2) is 65.3 Å². The quantitative estimate of drug-likeness (QED) is 0.825. The highest BCUT2D eigenvalue weighted by atomic mass is 16.2. The predicted octanol–water partition coefficient (Wildman–Crippen LogP) is 1.68. The summed E-state index contributed by atoms with van der Waals surface area (Å²) in [6.07, 6.45) is 1.65. The normalized spacial score (nSPS) is 14.5. The van der Waals surface area contributed by atoms with E-state index < -0.39 is 0 Å². The van der Waals surface area contributed by atoms with Crippen molar-refractivity contribution in [2.45, 2.75) is 13.8 Å². The zero-order chi connectivity index (χ0) is 17.6. The van der Waals surface area contributed by atoms with Crippen LogP contribution in [0.4, 0.5) is 11.6 Å². The summed E-state index contributed by atoms with van der Waals surface area (Å²) in [5.41, 5.74) is 0.499. The molecular weight excluding hydrogens is 316 g/mol. The monoisotopic (exact) mass is 340 g/mol. The second-order valence-corrected chi connectivity index (χ2v) is 5.92. The summed E-state index contributed by atoms with van der Waals surface area (Å²) in [4.78, 5) is 22.8. The van der Waals surface area contributed by atoms with Crippen LogP contribution in [0.15, 0.2) is 36.5 Å². The number of rotatable bonds is 5. The van der Waals surface area contributed by atoms with Crippen LogP contribution in [0.3, 0.4) is 0 Å². The number of anilines is 2. The number of hydrogen-bond donors (Lipinski definition) is 0. The summed E-state index contributed by atoms with van der Waals surface area (Å²) in [5.74, 6) is 1.75. The summed E-state index contributed by atoms with van der Waals surface area (Å²) in [6.45, 7) is 8.87. The third kappa shape index (κ3) is 3.87. The molecule has 1 fully saturated rings. The second-order valence-electron chi connectivity index (χ2n) is 5.92. The molecule has 0 N–H and O–H groups in total. The fourth-order valence-electron chi connectivity index (χ4n) is 2.99. The van der Waals surface area contributed by atoms with E-state index in [9.17, 15) is 4.79 Å². The van der Waals surface area contributed by atoms with Gasteiger partial charge in [-0.3, -0.25) is 9.78 Å². The first-order chi connectivity index (χ1) is 12.2. The van der Waals surface area contributed by atoms with Crippen molar-refractivity contribution in [3.63, 3.8) is 0 Å².